The predicted molar refractivity (Wildman–Crippen MR) is 294 cm³/mol. The first-order valence-electron chi connectivity index (χ1n) is 28.1. The molecule has 6 N–H and O–H groups in total. The van der Waals surface area contributed by atoms with Gasteiger partial charge in [0.05, 0.1) is 13.2 Å². The standard InChI is InChI=1S/C59H101O12P/c1-3-5-7-9-11-13-15-17-19-21-23-25-26-27-29-31-33-35-37-39-41-43-45-47-49-68-50-52(51-69-72(66,67)71-59-57(64)55(62)54(61)56(63)58(59)65)70-53(60)48-46-44-42-40-38-36-34-32-30-28-24-22-20-18-16-14-12-10-8-6-4-2/h5,7,11,13,17,19,22-25,27,29,33,35,39,41,52,54-59,61-65H,3-4,6,8-10,12,14-16,18,20-21,26,28,30-32,34,36-38,40,42-51H2,1-2H3,(H,66,67)/b7-5-,13-11-,19-17-,24-22-,25-23-,29-27-,35-33-,41-39-. The van der Waals surface area contributed by atoms with Crippen molar-refractivity contribution in [3.05, 3.63) is 97.2 Å². The molecule has 0 aromatic rings. The number of aliphatic hydroxyl groups is 5. The molecular formula is C59H101O12P. The lowest BCUT2D eigenvalue weighted by molar-refractivity contribution is -0.220. The van der Waals surface area contributed by atoms with Gasteiger partial charge in [0.15, 0.2) is 0 Å². The number of ether oxygens (including phenoxy) is 2. The van der Waals surface area contributed by atoms with Gasteiger partial charge in [-0.15, -0.1) is 0 Å². The van der Waals surface area contributed by atoms with Crippen molar-refractivity contribution < 1.29 is 58.3 Å². The molecule has 12 nitrogen and oxygen atoms in total. The number of esters is 1. The lowest BCUT2D eigenvalue weighted by Gasteiger charge is -2.41. The van der Waals surface area contributed by atoms with Gasteiger partial charge in [0.2, 0.25) is 0 Å². The van der Waals surface area contributed by atoms with Gasteiger partial charge in [0, 0.05) is 13.0 Å². The molecule has 0 saturated heterocycles. The van der Waals surface area contributed by atoms with Gasteiger partial charge >= 0.3 is 13.8 Å². The number of carbonyl (C=O) groups excluding carboxylic acids is 1. The van der Waals surface area contributed by atoms with Crippen LogP contribution in [-0.2, 0) is 27.9 Å². The fourth-order valence-corrected chi connectivity index (χ4v) is 9.01. The molecule has 0 aromatic heterocycles. The first-order valence-corrected chi connectivity index (χ1v) is 29.6. The quantitative estimate of drug-likeness (QED) is 0.0146. The Balaban J connectivity index is 2.36. The highest BCUT2D eigenvalue weighted by Crippen LogP contribution is 2.47. The summed E-state index contributed by atoms with van der Waals surface area (Å²) in [5, 5.41) is 50.4. The van der Waals surface area contributed by atoms with Crippen LogP contribution in [0.3, 0.4) is 0 Å². The third-order valence-corrected chi connectivity index (χ3v) is 13.4. The van der Waals surface area contributed by atoms with Crippen LogP contribution in [0.15, 0.2) is 97.2 Å². The average molecular weight is 1030 g/mol. The minimum atomic E-state index is -5.05. The minimum absolute atomic E-state index is 0.113. The molecule has 0 heterocycles. The highest BCUT2D eigenvalue weighted by atomic mass is 31.2. The first kappa shape index (κ1) is 67.3. The van der Waals surface area contributed by atoms with Crippen molar-refractivity contribution >= 4 is 13.8 Å². The molecule has 1 aliphatic carbocycles. The number of phosphoric ester groups is 1. The van der Waals surface area contributed by atoms with Crippen LogP contribution in [-0.4, -0.2) is 98.9 Å². The lowest BCUT2D eigenvalue weighted by Crippen LogP contribution is -2.64. The molecule has 414 valence electrons. The van der Waals surface area contributed by atoms with Gasteiger partial charge in [-0.25, -0.2) is 4.57 Å². The molecule has 0 aromatic carbocycles. The molecule has 1 rings (SSSR count). The minimum Gasteiger partial charge on any atom is -0.457 e. The Labute approximate surface area is 436 Å². The van der Waals surface area contributed by atoms with Crippen molar-refractivity contribution in [1.82, 2.24) is 0 Å². The smallest absolute Gasteiger partial charge is 0.457 e. The monoisotopic (exact) mass is 1030 g/mol. The van der Waals surface area contributed by atoms with Crippen molar-refractivity contribution in [2.75, 3.05) is 19.8 Å². The third kappa shape index (κ3) is 38.8. The van der Waals surface area contributed by atoms with Gasteiger partial charge in [-0.3, -0.25) is 13.8 Å². The maximum absolute atomic E-state index is 12.9. The summed E-state index contributed by atoms with van der Waals surface area (Å²) in [6, 6.07) is 0. The summed E-state index contributed by atoms with van der Waals surface area (Å²) < 4.78 is 34.3. The number of aliphatic hydroxyl groups excluding tert-OH is 5. The summed E-state index contributed by atoms with van der Waals surface area (Å²) in [4.78, 5) is 23.3. The first-order chi connectivity index (χ1) is 35.0. The van der Waals surface area contributed by atoms with E-state index in [0.717, 1.165) is 83.5 Å². The number of rotatable bonds is 47. The summed E-state index contributed by atoms with van der Waals surface area (Å²) in [6.45, 7) is 4.05. The highest BCUT2D eigenvalue weighted by molar-refractivity contribution is 7.47. The second kappa shape index (κ2) is 47.9. The fraction of sp³-hybridized carbons (Fsp3) is 0.712. The Morgan fingerprint density at radius 2 is 0.819 bits per heavy atom. The summed E-state index contributed by atoms with van der Waals surface area (Å²) in [5.41, 5.74) is 0. The number of phosphoric acid groups is 1. The molecule has 72 heavy (non-hydrogen) atoms. The van der Waals surface area contributed by atoms with Crippen molar-refractivity contribution in [2.24, 2.45) is 0 Å². The van der Waals surface area contributed by atoms with Crippen LogP contribution >= 0.6 is 7.82 Å². The zero-order valence-electron chi connectivity index (χ0n) is 44.7. The van der Waals surface area contributed by atoms with Gasteiger partial charge in [-0.1, -0.05) is 201 Å². The lowest BCUT2D eigenvalue weighted by atomic mass is 9.85. The van der Waals surface area contributed by atoms with Crippen LogP contribution in [0.25, 0.3) is 0 Å². The molecule has 1 fully saturated rings. The average Bonchev–Trinajstić information content (AvgIpc) is 3.37. The number of unbranched alkanes of at least 4 members (excludes halogenated alkanes) is 19. The van der Waals surface area contributed by atoms with Gasteiger partial charge in [0.25, 0.3) is 0 Å². The van der Waals surface area contributed by atoms with E-state index in [2.05, 4.69) is 111 Å². The zero-order chi connectivity index (χ0) is 52.6. The molecule has 6 atom stereocenters. The van der Waals surface area contributed by atoms with Gasteiger partial charge in [-0.2, -0.15) is 0 Å². The molecule has 0 spiro atoms. The van der Waals surface area contributed by atoms with E-state index in [9.17, 15) is 39.8 Å². The third-order valence-electron chi connectivity index (χ3n) is 12.4. The van der Waals surface area contributed by atoms with Crippen LogP contribution in [0.5, 0.6) is 0 Å². The van der Waals surface area contributed by atoms with E-state index in [1.807, 2.05) is 0 Å². The normalized spacial score (nSPS) is 21.4. The molecule has 6 unspecified atom stereocenters. The van der Waals surface area contributed by atoms with Crippen molar-refractivity contribution in [3.63, 3.8) is 0 Å². The molecule has 0 radical (unpaired) electrons. The highest BCUT2D eigenvalue weighted by Gasteiger charge is 2.51. The predicted octanol–water partition coefficient (Wildman–Crippen LogP) is 13.4. The molecule has 0 bridgehead atoms. The van der Waals surface area contributed by atoms with Gasteiger partial charge in [0.1, 0.15) is 42.7 Å². The number of hydrogen-bond acceptors (Lipinski definition) is 11. The fourth-order valence-electron chi connectivity index (χ4n) is 8.04. The Kier molecular flexibility index (Phi) is 44.8. The van der Waals surface area contributed by atoms with Crippen molar-refractivity contribution in [3.8, 4) is 0 Å². The molecule has 1 aliphatic rings. The Bertz CT molecular complexity index is 1550. The molecular weight excluding hydrogens is 932 g/mol. The molecule has 1 saturated carbocycles. The van der Waals surface area contributed by atoms with Crippen LogP contribution in [0.2, 0.25) is 0 Å². The van der Waals surface area contributed by atoms with E-state index < -0.39 is 63.1 Å². The topological polar surface area (TPSA) is 192 Å². The Morgan fingerprint density at radius 1 is 0.458 bits per heavy atom. The van der Waals surface area contributed by atoms with Crippen LogP contribution in [0, 0.1) is 0 Å². The maximum Gasteiger partial charge on any atom is 0.472 e. The van der Waals surface area contributed by atoms with E-state index in [1.165, 1.54) is 96.3 Å². The van der Waals surface area contributed by atoms with Crippen molar-refractivity contribution in [1.29, 1.82) is 0 Å². The summed E-state index contributed by atoms with van der Waals surface area (Å²) in [7, 11) is -5.05. The Morgan fingerprint density at radius 3 is 1.26 bits per heavy atom. The molecule has 13 heteroatoms. The molecule has 0 amide bonds. The second-order valence-electron chi connectivity index (χ2n) is 19.0. The van der Waals surface area contributed by atoms with Gasteiger partial charge in [-0.05, 0) is 96.3 Å². The summed E-state index contributed by atoms with van der Waals surface area (Å²) in [5.74, 6) is -0.497. The second-order valence-corrected chi connectivity index (χ2v) is 20.5. The van der Waals surface area contributed by atoms with Crippen LogP contribution in [0.4, 0.5) is 0 Å². The van der Waals surface area contributed by atoms with E-state index in [1.54, 1.807) is 0 Å². The molecule has 0 aliphatic heterocycles. The Hall–Kier alpha value is -2.74. The number of allylic oxidation sites excluding steroid dienone is 16. The zero-order valence-corrected chi connectivity index (χ0v) is 45.6. The largest absolute Gasteiger partial charge is 0.472 e. The number of carbonyl (C=O) groups is 1. The van der Waals surface area contributed by atoms with E-state index >= 15 is 0 Å². The summed E-state index contributed by atoms with van der Waals surface area (Å²) >= 11 is 0. The maximum atomic E-state index is 12.9. The van der Waals surface area contributed by atoms with Crippen LogP contribution < -0.4 is 0 Å². The van der Waals surface area contributed by atoms with Crippen molar-refractivity contribution in [2.45, 2.75) is 249 Å². The summed E-state index contributed by atoms with van der Waals surface area (Å²) in [6.07, 6.45) is 54.8. The number of hydrogen-bond donors (Lipinski definition) is 6. The SMILES string of the molecule is CC/C=C\C/C=C\C/C=C\C/C=C\C/C=C\C/C=C\C/C=C\CCCCOCC(COP(=O)(O)OC1C(O)C(O)C(O)C(O)C1O)OC(=O)CCCCCCCCCCC/C=C\CCCCCCCCCC. The van der Waals surface area contributed by atoms with E-state index in [-0.39, 0.29) is 13.0 Å². The van der Waals surface area contributed by atoms with Crippen LogP contribution in [0.1, 0.15) is 206 Å². The van der Waals surface area contributed by atoms with Gasteiger partial charge < -0.3 is 39.9 Å². The van der Waals surface area contributed by atoms with E-state index in [0.29, 0.717) is 13.0 Å². The van der Waals surface area contributed by atoms with E-state index in [4.69, 9.17) is 18.5 Å².